The van der Waals surface area contributed by atoms with E-state index >= 15 is 0 Å². The Morgan fingerprint density at radius 1 is 0.451 bits per heavy atom. The highest BCUT2D eigenvalue weighted by molar-refractivity contribution is 7.46. The van der Waals surface area contributed by atoms with Crippen LogP contribution in [0.3, 0.4) is 0 Å². The van der Waals surface area contributed by atoms with Gasteiger partial charge < -0.3 is 19.3 Å². The van der Waals surface area contributed by atoms with Crippen molar-refractivity contribution in [3.05, 3.63) is 0 Å². The lowest BCUT2D eigenvalue weighted by molar-refractivity contribution is -0.154. The average Bonchev–Trinajstić information content (AvgIpc) is 3.10. The smallest absolute Gasteiger partial charge is 0.457 e. The molecule has 0 aliphatic carbocycles. The number of carbonyl (C=O) groups is 1. The van der Waals surface area contributed by atoms with Gasteiger partial charge in [0.05, 0.1) is 13.2 Å². The SMILES string of the molecule is CCCCCCCCCCCCCCCCCCCCCCCCCC(=O)O[C@H](COCCCCCCCCCCCCCC)COP(=O)(O)O. The maximum atomic E-state index is 12.4. The van der Waals surface area contributed by atoms with Gasteiger partial charge in [-0.1, -0.05) is 226 Å². The van der Waals surface area contributed by atoms with Crippen molar-refractivity contribution in [2.75, 3.05) is 19.8 Å². The first-order valence-electron chi connectivity index (χ1n) is 22.4. The average molecular weight is 747 g/mol. The van der Waals surface area contributed by atoms with E-state index in [1.54, 1.807) is 0 Å². The van der Waals surface area contributed by atoms with Gasteiger partial charge in [0, 0.05) is 13.0 Å². The summed E-state index contributed by atoms with van der Waals surface area (Å²) in [5.74, 6) is -0.355. The molecule has 0 aliphatic heterocycles. The highest BCUT2D eigenvalue weighted by atomic mass is 31.2. The summed E-state index contributed by atoms with van der Waals surface area (Å²) in [7, 11) is -4.64. The third kappa shape index (κ3) is 43.8. The van der Waals surface area contributed by atoms with Gasteiger partial charge in [-0.3, -0.25) is 9.32 Å². The molecule has 1 atom stereocenters. The van der Waals surface area contributed by atoms with Crippen molar-refractivity contribution in [1.29, 1.82) is 0 Å². The number of rotatable bonds is 43. The van der Waals surface area contributed by atoms with Crippen LogP contribution in [0.4, 0.5) is 0 Å². The van der Waals surface area contributed by atoms with Gasteiger partial charge in [-0.25, -0.2) is 4.57 Å². The summed E-state index contributed by atoms with van der Waals surface area (Å²) in [6.07, 6.45) is 45.4. The van der Waals surface area contributed by atoms with Crippen LogP contribution in [-0.4, -0.2) is 41.7 Å². The predicted molar refractivity (Wildman–Crippen MR) is 216 cm³/mol. The summed E-state index contributed by atoms with van der Waals surface area (Å²) in [6, 6.07) is 0. The van der Waals surface area contributed by atoms with Crippen molar-refractivity contribution >= 4 is 13.8 Å². The Labute approximate surface area is 317 Å². The quantitative estimate of drug-likeness (QED) is 0.0364. The van der Waals surface area contributed by atoms with E-state index in [1.165, 1.54) is 193 Å². The number of unbranched alkanes of at least 4 members (excludes halogenated alkanes) is 33. The van der Waals surface area contributed by atoms with Crippen molar-refractivity contribution < 1.29 is 33.1 Å². The fraction of sp³-hybridized carbons (Fsp3) is 0.977. The van der Waals surface area contributed by atoms with Gasteiger partial charge in [0.2, 0.25) is 0 Å². The minimum atomic E-state index is -4.64. The number of esters is 1. The minimum absolute atomic E-state index is 0.0865. The van der Waals surface area contributed by atoms with Crippen LogP contribution in [0.25, 0.3) is 0 Å². The van der Waals surface area contributed by atoms with Crippen molar-refractivity contribution in [3.8, 4) is 0 Å². The molecule has 8 heteroatoms. The number of ether oxygens (including phenoxy) is 2. The van der Waals surface area contributed by atoms with Crippen LogP contribution in [0.2, 0.25) is 0 Å². The van der Waals surface area contributed by atoms with E-state index in [-0.39, 0.29) is 19.2 Å². The second kappa shape index (κ2) is 40.7. The van der Waals surface area contributed by atoms with E-state index in [2.05, 4.69) is 18.4 Å². The molecule has 0 saturated carbocycles. The molecule has 0 aromatic carbocycles. The second-order valence-electron chi connectivity index (χ2n) is 15.4. The summed E-state index contributed by atoms with van der Waals surface area (Å²) in [5.41, 5.74) is 0. The van der Waals surface area contributed by atoms with Crippen molar-refractivity contribution in [2.24, 2.45) is 0 Å². The molecule has 7 nitrogen and oxygen atoms in total. The van der Waals surface area contributed by atoms with Gasteiger partial charge in [-0.2, -0.15) is 0 Å². The predicted octanol–water partition coefficient (Wildman–Crippen LogP) is 14.1. The highest BCUT2D eigenvalue weighted by Crippen LogP contribution is 2.36. The topological polar surface area (TPSA) is 102 Å². The Hall–Kier alpha value is -0.460. The first-order valence-corrected chi connectivity index (χ1v) is 23.9. The van der Waals surface area contributed by atoms with Crippen molar-refractivity contribution in [1.82, 2.24) is 0 Å². The van der Waals surface area contributed by atoms with Crippen molar-refractivity contribution in [3.63, 3.8) is 0 Å². The monoisotopic (exact) mass is 747 g/mol. The Balaban J connectivity index is 3.66. The fourth-order valence-corrected chi connectivity index (χ4v) is 7.22. The largest absolute Gasteiger partial charge is 0.469 e. The molecule has 0 saturated heterocycles. The molecule has 306 valence electrons. The molecule has 0 unspecified atom stereocenters. The zero-order chi connectivity index (χ0) is 37.4. The lowest BCUT2D eigenvalue weighted by Crippen LogP contribution is -2.28. The first-order chi connectivity index (χ1) is 24.9. The van der Waals surface area contributed by atoms with Crippen LogP contribution in [-0.2, 0) is 23.4 Å². The van der Waals surface area contributed by atoms with Crippen LogP contribution in [0.1, 0.15) is 245 Å². The number of carbonyl (C=O) groups excluding carboxylic acids is 1. The molecule has 0 fully saturated rings. The van der Waals surface area contributed by atoms with Gasteiger partial charge in [0.25, 0.3) is 0 Å². The highest BCUT2D eigenvalue weighted by Gasteiger charge is 2.21. The van der Waals surface area contributed by atoms with Gasteiger partial charge in [0.15, 0.2) is 0 Å². The summed E-state index contributed by atoms with van der Waals surface area (Å²) in [6.45, 7) is 4.80. The molecule has 0 bridgehead atoms. The zero-order valence-electron chi connectivity index (χ0n) is 34.0. The lowest BCUT2D eigenvalue weighted by Gasteiger charge is -2.18. The molecule has 0 aromatic rings. The molecular formula is C43H87O7P. The van der Waals surface area contributed by atoms with Gasteiger partial charge in [-0.15, -0.1) is 0 Å². The molecule has 0 heterocycles. The van der Waals surface area contributed by atoms with Crippen LogP contribution < -0.4 is 0 Å². The molecule has 2 N–H and O–H groups in total. The lowest BCUT2D eigenvalue weighted by atomic mass is 10.0. The second-order valence-corrected chi connectivity index (χ2v) is 16.6. The van der Waals surface area contributed by atoms with Crippen LogP contribution in [0.5, 0.6) is 0 Å². The normalized spacial score (nSPS) is 12.5. The first kappa shape index (κ1) is 50.5. The molecule has 0 rings (SSSR count). The summed E-state index contributed by atoms with van der Waals surface area (Å²) in [4.78, 5) is 30.6. The summed E-state index contributed by atoms with van der Waals surface area (Å²) in [5, 5.41) is 0. The molecule has 0 aromatic heterocycles. The maximum absolute atomic E-state index is 12.4. The zero-order valence-corrected chi connectivity index (χ0v) is 34.9. The minimum Gasteiger partial charge on any atom is -0.457 e. The van der Waals surface area contributed by atoms with E-state index in [4.69, 9.17) is 19.3 Å². The number of phosphoric ester groups is 1. The Kier molecular flexibility index (Phi) is 40.4. The standard InChI is InChI=1S/C43H87O7P/c1-3-5-7-9-11-13-15-17-18-19-20-21-22-23-24-25-26-27-28-30-32-34-36-38-43(44)50-42(41-49-51(45,46)47)40-48-39-37-35-33-31-29-16-14-12-10-8-6-4-2/h42H,3-41H2,1-2H3,(H2,45,46,47)/t42-/m1/s1. The molecule has 0 aliphatic rings. The Morgan fingerprint density at radius 3 is 1.06 bits per heavy atom. The molecule has 0 amide bonds. The van der Waals surface area contributed by atoms with Gasteiger partial charge in [-0.05, 0) is 12.8 Å². The van der Waals surface area contributed by atoms with Crippen LogP contribution >= 0.6 is 7.82 Å². The van der Waals surface area contributed by atoms with E-state index < -0.39 is 13.9 Å². The van der Waals surface area contributed by atoms with E-state index in [9.17, 15) is 9.36 Å². The molecular weight excluding hydrogens is 659 g/mol. The number of hydrogen-bond acceptors (Lipinski definition) is 5. The molecule has 51 heavy (non-hydrogen) atoms. The van der Waals surface area contributed by atoms with Gasteiger partial charge in [0.1, 0.15) is 6.10 Å². The fourth-order valence-electron chi connectivity index (χ4n) is 6.86. The van der Waals surface area contributed by atoms with Gasteiger partial charge >= 0.3 is 13.8 Å². The van der Waals surface area contributed by atoms with E-state index in [0.717, 1.165) is 32.1 Å². The van der Waals surface area contributed by atoms with Crippen molar-refractivity contribution in [2.45, 2.75) is 251 Å². The van der Waals surface area contributed by atoms with E-state index in [0.29, 0.717) is 13.0 Å². The number of hydrogen-bond donors (Lipinski definition) is 2. The maximum Gasteiger partial charge on any atom is 0.469 e. The third-order valence-corrected chi connectivity index (χ3v) is 10.6. The summed E-state index contributed by atoms with van der Waals surface area (Å²) < 4.78 is 27.0. The Morgan fingerprint density at radius 2 is 0.745 bits per heavy atom. The molecule has 0 spiro atoms. The number of phosphoric acid groups is 1. The third-order valence-electron chi connectivity index (χ3n) is 10.2. The van der Waals surface area contributed by atoms with Crippen LogP contribution in [0, 0.1) is 0 Å². The Bertz CT molecular complexity index is 744. The summed E-state index contributed by atoms with van der Waals surface area (Å²) >= 11 is 0. The van der Waals surface area contributed by atoms with Crippen LogP contribution in [0.15, 0.2) is 0 Å². The van der Waals surface area contributed by atoms with E-state index in [1.807, 2.05) is 0 Å². The molecule has 0 radical (unpaired) electrons.